The summed E-state index contributed by atoms with van der Waals surface area (Å²) < 4.78 is 6.47. The number of aryl methyl sites for hydroxylation is 1. The monoisotopic (exact) mass is 473 g/mol. The summed E-state index contributed by atoms with van der Waals surface area (Å²) in [5.41, 5.74) is 4.48. The molecule has 2 aromatic rings. The zero-order valence-electron chi connectivity index (χ0n) is 21.2. The Hall–Kier alpha value is -3.38. The summed E-state index contributed by atoms with van der Waals surface area (Å²) in [6.07, 6.45) is 2.38. The van der Waals surface area contributed by atoms with E-state index in [1.165, 1.54) is 0 Å². The predicted octanol–water partition coefficient (Wildman–Crippen LogP) is 4.41. The van der Waals surface area contributed by atoms with Crippen molar-refractivity contribution in [3.63, 3.8) is 0 Å². The molecule has 2 unspecified atom stereocenters. The number of aliphatic imine (C=N–C) groups is 1. The summed E-state index contributed by atoms with van der Waals surface area (Å²) >= 11 is 0. The lowest BCUT2D eigenvalue weighted by molar-refractivity contribution is -0.124. The van der Waals surface area contributed by atoms with Gasteiger partial charge >= 0.3 is 0 Å². The topological polar surface area (TPSA) is 65.4 Å². The van der Waals surface area contributed by atoms with Gasteiger partial charge in [0.2, 0.25) is 0 Å². The first-order valence-electron chi connectivity index (χ1n) is 12.1. The summed E-state index contributed by atoms with van der Waals surface area (Å²) in [4.78, 5) is 21.9. The summed E-state index contributed by atoms with van der Waals surface area (Å²) in [6.45, 7) is 4.38. The lowest BCUT2D eigenvalue weighted by Gasteiger charge is -2.33. The number of carbonyl (C=O) groups excluding carboxylic acids is 1. The second-order valence-electron chi connectivity index (χ2n) is 9.53. The van der Waals surface area contributed by atoms with Gasteiger partial charge in [0.25, 0.3) is 5.91 Å². The van der Waals surface area contributed by atoms with Gasteiger partial charge in [-0.1, -0.05) is 54.6 Å². The van der Waals surface area contributed by atoms with E-state index in [1.54, 1.807) is 19.0 Å². The molecule has 1 N–H and O–H groups in total. The molecule has 184 valence electrons. The Morgan fingerprint density at radius 2 is 1.80 bits per heavy atom. The molecule has 6 nitrogen and oxygen atoms in total. The summed E-state index contributed by atoms with van der Waals surface area (Å²) in [5.74, 6) is 1.57. The van der Waals surface area contributed by atoms with Crippen LogP contribution in [-0.2, 0) is 16.1 Å². The van der Waals surface area contributed by atoms with Gasteiger partial charge in [-0.25, -0.2) is 0 Å². The average Bonchev–Trinajstić information content (AvgIpc) is 3.14. The van der Waals surface area contributed by atoms with Gasteiger partial charge in [-0.3, -0.25) is 9.79 Å². The van der Waals surface area contributed by atoms with E-state index in [4.69, 9.17) is 9.73 Å². The molecule has 1 aliphatic heterocycles. The highest BCUT2D eigenvalue weighted by molar-refractivity contribution is 5.98. The van der Waals surface area contributed by atoms with Gasteiger partial charge in [0.05, 0.1) is 18.0 Å². The van der Waals surface area contributed by atoms with Crippen LogP contribution in [-0.4, -0.2) is 59.9 Å². The minimum Gasteiger partial charge on any atom is -0.491 e. The highest BCUT2D eigenvalue weighted by Crippen LogP contribution is 2.38. The number of carbonyl (C=O) groups is 1. The van der Waals surface area contributed by atoms with E-state index in [9.17, 15) is 9.90 Å². The van der Waals surface area contributed by atoms with Crippen molar-refractivity contribution < 1.29 is 14.6 Å². The van der Waals surface area contributed by atoms with Crippen molar-refractivity contribution in [2.24, 2.45) is 4.99 Å². The first-order valence-corrected chi connectivity index (χ1v) is 12.1. The molecule has 6 heteroatoms. The Balaban J connectivity index is 1.71. The molecule has 3 atom stereocenters. The molecule has 1 aliphatic carbocycles. The van der Waals surface area contributed by atoms with Crippen molar-refractivity contribution in [2.45, 2.75) is 51.5 Å². The van der Waals surface area contributed by atoms with Crippen molar-refractivity contribution >= 4 is 11.7 Å². The number of likely N-dealkylation sites (N-methyl/N-ethyl adjacent to an activating group) is 2. The molecule has 0 spiro atoms. The normalized spacial score (nSPS) is 20.2. The maximum Gasteiger partial charge on any atom is 0.253 e. The van der Waals surface area contributed by atoms with Crippen LogP contribution in [0.2, 0.25) is 0 Å². The fourth-order valence-corrected chi connectivity index (χ4v) is 4.80. The first kappa shape index (κ1) is 24.7. The van der Waals surface area contributed by atoms with E-state index in [0.29, 0.717) is 25.0 Å². The third-order valence-corrected chi connectivity index (χ3v) is 6.92. The van der Waals surface area contributed by atoms with Crippen molar-refractivity contribution in [2.75, 3.05) is 21.1 Å². The number of ether oxygens (including phenoxy) is 1. The number of aliphatic hydroxyl groups excluding tert-OH is 1. The number of hydrogen-bond acceptors (Lipinski definition) is 5. The van der Waals surface area contributed by atoms with E-state index < -0.39 is 6.10 Å². The molecule has 1 amide bonds. The summed E-state index contributed by atoms with van der Waals surface area (Å²) in [6, 6.07) is 17.6. The van der Waals surface area contributed by atoms with Crippen molar-refractivity contribution in [3.05, 3.63) is 94.3 Å². The number of benzene rings is 2. The predicted molar refractivity (Wildman–Crippen MR) is 139 cm³/mol. The SMILES string of the molecule is CC1=NC2C(OCc3ccccc3)=C(CC[C@@H](O)c3ccccc3C)C(C(=O)N(C)C)=CC2N1C. The van der Waals surface area contributed by atoms with Gasteiger partial charge in [0, 0.05) is 32.3 Å². The fourth-order valence-electron chi connectivity index (χ4n) is 4.80. The molecule has 0 saturated carbocycles. The van der Waals surface area contributed by atoms with Crippen LogP contribution in [0.15, 0.2) is 82.6 Å². The second kappa shape index (κ2) is 10.5. The minimum absolute atomic E-state index is 0.0670. The maximum absolute atomic E-state index is 13.3. The number of fused-ring (bicyclic) bond motifs is 1. The van der Waals surface area contributed by atoms with Crippen LogP contribution in [0.5, 0.6) is 0 Å². The van der Waals surface area contributed by atoms with Crippen LogP contribution in [0, 0.1) is 6.92 Å². The van der Waals surface area contributed by atoms with Crippen LogP contribution in [0.1, 0.15) is 42.6 Å². The van der Waals surface area contributed by atoms with Crippen molar-refractivity contribution in [3.8, 4) is 0 Å². The zero-order chi connectivity index (χ0) is 25.1. The van der Waals surface area contributed by atoms with Gasteiger partial charge in [-0.2, -0.15) is 0 Å². The highest BCUT2D eigenvalue weighted by Gasteiger charge is 2.41. The fraction of sp³-hybridized carbons (Fsp3) is 0.379. The van der Waals surface area contributed by atoms with Gasteiger partial charge in [-0.05, 0) is 49.5 Å². The molecular weight excluding hydrogens is 438 g/mol. The van der Waals surface area contributed by atoms with Crippen LogP contribution in [0.25, 0.3) is 0 Å². The van der Waals surface area contributed by atoms with Crippen molar-refractivity contribution in [1.82, 2.24) is 9.80 Å². The maximum atomic E-state index is 13.3. The zero-order valence-corrected chi connectivity index (χ0v) is 21.2. The van der Waals surface area contributed by atoms with Crippen LogP contribution in [0.4, 0.5) is 0 Å². The third kappa shape index (κ3) is 5.17. The number of amides is 1. The number of hydrogen-bond donors (Lipinski definition) is 1. The van der Waals surface area contributed by atoms with Crippen LogP contribution in [0.3, 0.4) is 0 Å². The Bertz CT molecular complexity index is 1170. The molecule has 0 bridgehead atoms. The first-order chi connectivity index (χ1) is 16.8. The van der Waals surface area contributed by atoms with Crippen LogP contribution >= 0.6 is 0 Å². The Morgan fingerprint density at radius 3 is 2.49 bits per heavy atom. The van der Waals surface area contributed by atoms with Gasteiger partial charge in [0.15, 0.2) is 0 Å². The number of rotatable bonds is 8. The molecule has 2 aromatic carbocycles. The largest absolute Gasteiger partial charge is 0.491 e. The molecule has 2 aliphatic rings. The average molecular weight is 474 g/mol. The quantitative estimate of drug-likeness (QED) is 0.617. The van der Waals surface area contributed by atoms with E-state index >= 15 is 0 Å². The lowest BCUT2D eigenvalue weighted by Crippen LogP contribution is -2.40. The van der Waals surface area contributed by atoms with Gasteiger partial charge in [0.1, 0.15) is 18.4 Å². The molecule has 4 rings (SSSR count). The Kier molecular flexibility index (Phi) is 7.41. The van der Waals surface area contributed by atoms with Crippen molar-refractivity contribution in [1.29, 1.82) is 0 Å². The van der Waals surface area contributed by atoms with E-state index in [1.807, 2.05) is 81.6 Å². The summed E-state index contributed by atoms with van der Waals surface area (Å²) in [7, 11) is 5.53. The van der Waals surface area contributed by atoms with E-state index in [2.05, 4.69) is 4.90 Å². The van der Waals surface area contributed by atoms with E-state index in [0.717, 1.165) is 33.9 Å². The number of amidine groups is 1. The smallest absolute Gasteiger partial charge is 0.253 e. The number of nitrogens with zero attached hydrogens (tertiary/aromatic N) is 3. The van der Waals surface area contributed by atoms with Gasteiger partial charge in [-0.15, -0.1) is 0 Å². The molecule has 35 heavy (non-hydrogen) atoms. The Labute approximate surface area is 208 Å². The standard InChI is InChI=1S/C29H35N3O3/c1-19-11-9-10-14-22(19)26(33)16-15-23-24(29(34)31(3)4)17-25-27(30-20(2)32(25)5)28(23)35-18-21-12-7-6-8-13-21/h6-14,17,25-27,33H,15-16,18H2,1-5H3/t25?,26-,27?/m1/s1. The lowest BCUT2D eigenvalue weighted by atomic mass is 9.85. The molecule has 0 saturated heterocycles. The third-order valence-electron chi connectivity index (χ3n) is 6.92. The second-order valence-corrected chi connectivity index (χ2v) is 9.53. The highest BCUT2D eigenvalue weighted by atomic mass is 16.5. The van der Waals surface area contributed by atoms with E-state index in [-0.39, 0.29) is 18.0 Å². The Morgan fingerprint density at radius 1 is 1.11 bits per heavy atom. The minimum atomic E-state index is -0.635. The molecule has 0 fully saturated rings. The summed E-state index contributed by atoms with van der Waals surface area (Å²) in [5, 5.41) is 11.0. The van der Waals surface area contributed by atoms with Crippen LogP contribution < -0.4 is 0 Å². The molecule has 1 heterocycles. The number of aliphatic hydroxyl groups is 1. The van der Waals surface area contributed by atoms with Gasteiger partial charge < -0.3 is 19.6 Å². The molecule has 0 radical (unpaired) electrons. The molecular formula is C29H35N3O3. The molecule has 0 aromatic heterocycles.